The van der Waals surface area contributed by atoms with Crippen LogP contribution in [0.25, 0.3) is 10.9 Å². The summed E-state index contributed by atoms with van der Waals surface area (Å²) in [6.07, 6.45) is 1.75. The van der Waals surface area contributed by atoms with Gasteiger partial charge < -0.3 is 10.1 Å². The van der Waals surface area contributed by atoms with Gasteiger partial charge in [-0.3, -0.25) is 4.79 Å². The van der Waals surface area contributed by atoms with Crippen LogP contribution in [-0.4, -0.2) is 16.4 Å². The van der Waals surface area contributed by atoms with Crippen molar-refractivity contribution in [3.05, 3.63) is 30.0 Å². The van der Waals surface area contributed by atoms with E-state index in [1.807, 2.05) is 0 Å². The van der Waals surface area contributed by atoms with E-state index >= 15 is 0 Å². The predicted molar refractivity (Wildman–Crippen MR) is 44.8 cm³/mol. The standard InChI is InChI=1S/C9H6NO2/c11-5-7-3-6-4-8(12)1-2-9(6)10-7/h1-4,10,12H. The van der Waals surface area contributed by atoms with E-state index in [-0.39, 0.29) is 5.75 Å². The van der Waals surface area contributed by atoms with E-state index < -0.39 is 0 Å². The average Bonchev–Trinajstić information content (AvgIpc) is 2.46. The molecule has 1 aromatic heterocycles. The smallest absolute Gasteiger partial charge is 0.251 e. The van der Waals surface area contributed by atoms with E-state index in [0.717, 1.165) is 10.9 Å². The van der Waals surface area contributed by atoms with Crippen LogP contribution < -0.4 is 0 Å². The van der Waals surface area contributed by atoms with Crippen LogP contribution in [0.4, 0.5) is 0 Å². The van der Waals surface area contributed by atoms with E-state index in [1.54, 1.807) is 30.6 Å². The Kier molecular flexibility index (Phi) is 1.37. The number of phenols is 1. The molecule has 1 heterocycles. The van der Waals surface area contributed by atoms with Gasteiger partial charge in [0.15, 0.2) is 0 Å². The summed E-state index contributed by atoms with van der Waals surface area (Å²) in [4.78, 5) is 13.1. The number of hydrogen-bond donors (Lipinski definition) is 2. The molecule has 0 aliphatic rings. The van der Waals surface area contributed by atoms with Crippen molar-refractivity contribution in [1.82, 2.24) is 4.98 Å². The van der Waals surface area contributed by atoms with Crippen molar-refractivity contribution >= 4 is 17.2 Å². The molecule has 2 aromatic rings. The minimum absolute atomic E-state index is 0.193. The van der Waals surface area contributed by atoms with Gasteiger partial charge in [0.1, 0.15) is 5.75 Å². The van der Waals surface area contributed by atoms with Gasteiger partial charge in [-0.25, -0.2) is 0 Å². The van der Waals surface area contributed by atoms with Gasteiger partial charge in [-0.1, -0.05) is 0 Å². The topological polar surface area (TPSA) is 53.1 Å². The van der Waals surface area contributed by atoms with Crippen LogP contribution in [-0.2, 0) is 4.79 Å². The molecule has 0 aliphatic heterocycles. The van der Waals surface area contributed by atoms with Gasteiger partial charge >= 0.3 is 0 Å². The Balaban J connectivity index is 2.75. The minimum Gasteiger partial charge on any atom is -0.508 e. The van der Waals surface area contributed by atoms with Crippen molar-refractivity contribution in [2.24, 2.45) is 0 Å². The summed E-state index contributed by atoms with van der Waals surface area (Å²) in [5.41, 5.74) is 1.22. The normalized spacial score (nSPS) is 10.3. The largest absolute Gasteiger partial charge is 0.508 e. The zero-order chi connectivity index (χ0) is 8.55. The number of hydrogen-bond acceptors (Lipinski definition) is 2. The molecule has 12 heavy (non-hydrogen) atoms. The van der Waals surface area contributed by atoms with E-state index in [4.69, 9.17) is 5.11 Å². The minimum atomic E-state index is 0.193. The van der Waals surface area contributed by atoms with Crippen molar-refractivity contribution in [3.8, 4) is 5.75 Å². The molecule has 0 aliphatic carbocycles. The summed E-state index contributed by atoms with van der Waals surface area (Å²) < 4.78 is 0. The molecule has 0 saturated heterocycles. The Labute approximate surface area is 68.6 Å². The van der Waals surface area contributed by atoms with Crippen LogP contribution in [0.2, 0.25) is 0 Å². The number of aromatic nitrogens is 1. The molecule has 0 saturated carbocycles. The first kappa shape index (κ1) is 6.91. The number of aromatic amines is 1. The van der Waals surface area contributed by atoms with Gasteiger partial charge in [-0.05, 0) is 24.3 Å². The fourth-order valence-electron chi connectivity index (χ4n) is 1.18. The first-order valence-electron chi connectivity index (χ1n) is 3.49. The Morgan fingerprint density at radius 2 is 2.17 bits per heavy atom. The second kappa shape index (κ2) is 2.37. The monoisotopic (exact) mass is 160 g/mol. The number of nitrogens with one attached hydrogen (secondary N) is 1. The number of H-pyrrole nitrogens is 1. The first-order chi connectivity index (χ1) is 5.79. The highest BCUT2D eigenvalue weighted by Crippen LogP contribution is 2.19. The fraction of sp³-hybridized carbons (Fsp3) is 0. The molecule has 0 unspecified atom stereocenters. The average molecular weight is 160 g/mol. The van der Waals surface area contributed by atoms with Crippen molar-refractivity contribution in [1.29, 1.82) is 0 Å². The highest BCUT2D eigenvalue weighted by Gasteiger charge is 1.99. The predicted octanol–water partition coefficient (Wildman–Crippen LogP) is 1.33. The highest BCUT2D eigenvalue weighted by molar-refractivity contribution is 5.88. The van der Waals surface area contributed by atoms with Gasteiger partial charge in [0.25, 0.3) is 6.29 Å². The summed E-state index contributed by atoms with van der Waals surface area (Å²) in [7, 11) is 0. The molecule has 59 valence electrons. The maximum atomic E-state index is 10.2. The lowest BCUT2D eigenvalue weighted by atomic mass is 10.2. The molecule has 3 heteroatoms. The molecule has 0 amide bonds. The van der Waals surface area contributed by atoms with E-state index in [2.05, 4.69) is 4.98 Å². The molecular weight excluding hydrogens is 154 g/mol. The lowest BCUT2D eigenvalue weighted by Crippen LogP contribution is -1.74. The van der Waals surface area contributed by atoms with Gasteiger partial charge in [0, 0.05) is 10.9 Å². The molecule has 0 spiro atoms. The van der Waals surface area contributed by atoms with E-state index in [0.29, 0.717) is 5.69 Å². The third kappa shape index (κ3) is 0.955. The number of rotatable bonds is 1. The maximum Gasteiger partial charge on any atom is 0.251 e. The van der Waals surface area contributed by atoms with Gasteiger partial charge in [-0.2, -0.15) is 0 Å². The molecule has 1 aromatic carbocycles. The Morgan fingerprint density at radius 3 is 2.92 bits per heavy atom. The van der Waals surface area contributed by atoms with Crippen LogP contribution in [0.5, 0.6) is 5.75 Å². The van der Waals surface area contributed by atoms with Crippen LogP contribution in [0.15, 0.2) is 24.3 Å². The van der Waals surface area contributed by atoms with Crippen LogP contribution >= 0.6 is 0 Å². The van der Waals surface area contributed by atoms with Crippen molar-refractivity contribution < 1.29 is 9.90 Å². The number of fused-ring (bicyclic) bond motifs is 1. The zero-order valence-corrected chi connectivity index (χ0v) is 6.16. The number of phenolic OH excluding ortho intramolecular Hbond substituents is 1. The summed E-state index contributed by atoms with van der Waals surface area (Å²) in [6, 6.07) is 6.51. The number of carbonyl (C=O) groups excluding carboxylic acids is 1. The fourth-order valence-corrected chi connectivity index (χ4v) is 1.18. The van der Waals surface area contributed by atoms with Crippen molar-refractivity contribution in [3.63, 3.8) is 0 Å². The van der Waals surface area contributed by atoms with Gasteiger partial charge in [-0.15, -0.1) is 0 Å². The lowest BCUT2D eigenvalue weighted by Gasteiger charge is -1.89. The summed E-state index contributed by atoms with van der Waals surface area (Å²) >= 11 is 0. The summed E-state index contributed by atoms with van der Waals surface area (Å²) in [6.45, 7) is 0. The van der Waals surface area contributed by atoms with Crippen molar-refractivity contribution in [2.75, 3.05) is 0 Å². The molecular formula is C9H6NO2. The number of aromatic hydroxyl groups is 1. The maximum absolute atomic E-state index is 10.2. The van der Waals surface area contributed by atoms with Crippen LogP contribution in [0.1, 0.15) is 5.69 Å². The third-order valence-electron chi connectivity index (χ3n) is 1.71. The molecule has 0 fully saturated rings. The lowest BCUT2D eigenvalue weighted by molar-refractivity contribution is 0.476. The Morgan fingerprint density at radius 1 is 1.33 bits per heavy atom. The first-order valence-corrected chi connectivity index (χ1v) is 3.49. The molecule has 1 radical (unpaired) electrons. The molecule has 0 bridgehead atoms. The third-order valence-corrected chi connectivity index (χ3v) is 1.71. The SMILES string of the molecule is O=[C]c1cc2cc(O)ccc2[nH]1. The highest BCUT2D eigenvalue weighted by atomic mass is 16.3. The molecule has 0 atom stereocenters. The van der Waals surface area contributed by atoms with Gasteiger partial charge in [0.05, 0.1) is 5.69 Å². The number of benzene rings is 1. The summed E-state index contributed by atoms with van der Waals surface area (Å²) in [5, 5.41) is 9.91. The van der Waals surface area contributed by atoms with Crippen molar-refractivity contribution in [2.45, 2.75) is 0 Å². The molecule has 2 rings (SSSR count). The second-order valence-corrected chi connectivity index (χ2v) is 2.56. The van der Waals surface area contributed by atoms with Crippen LogP contribution in [0, 0.1) is 0 Å². The van der Waals surface area contributed by atoms with Gasteiger partial charge in [0.2, 0.25) is 0 Å². The Bertz CT molecular complexity index is 431. The Hall–Kier alpha value is -1.77. The summed E-state index contributed by atoms with van der Waals surface area (Å²) in [5.74, 6) is 0.193. The van der Waals surface area contributed by atoms with E-state index in [9.17, 15) is 4.79 Å². The molecule has 3 nitrogen and oxygen atoms in total. The zero-order valence-electron chi connectivity index (χ0n) is 6.16. The van der Waals surface area contributed by atoms with E-state index in [1.165, 1.54) is 0 Å². The second-order valence-electron chi connectivity index (χ2n) is 2.56. The van der Waals surface area contributed by atoms with Crippen LogP contribution in [0.3, 0.4) is 0 Å². The molecule has 2 N–H and O–H groups in total. The quantitative estimate of drug-likeness (QED) is 0.661.